The van der Waals surface area contributed by atoms with Crippen molar-refractivity contribution in [3.63, 3.8) is 0 Å². The van der Waals surface area contributed by atoms with Crippen LogP contribution in [0.25, 0.3) is 22.3 Å². The van der Waals surface area contributed by atoms with E-state index in [1.807, 2.05) is 30.3 Å². The maximum Gasteiger partial charge on any atom is 0.312 e. The summed E-state index contributed by atoms with van der Waals surface area (Å²) in [5.41, 5.74) is 1.63. The summed E-state index contributed by atoms with van der Waals surface area (Å²) >= 11 is 0. The molecule has 6 nitrogen and oxygen atoms in total. The van der Waals surface area contributed by atoms with E-state index in [0.29, 0.717) is 22.5 Å². The van der Waals surface area contributed by atoms with Crippen molar-refractivity contribution in [2.75, 3.05) is 0 Å². The Labute approximate surface area is 170 Å². The molecule has 1 aliphatic rings. The van der Waals surface area contributed by atoms with Gasteiger partial charge in [-0.2, -0.15) is 0 Å². The molecule has 6 heteroatoms. The van der Waals surface area contributed by atoms with Crippen LogP contribution in [0.5, 0.6) is 17.2 Å². The minimum absolute atomic E-state index is 0.00953. The first-order chi connectivity index (χ1) is 14.5. The van der Waals surface area contributed by atoms with Crippen molar-refractivity contribution in [2.45, 2.75) is 12.3 Å². The van der Waals surface area contributed by atoms with Crippen molar-refractivity contribution in [3.05, 3.63) is 88.1 Å². The van der Waals surface area contributed by atoms with Gasteiger partial charge in [-0.25, -0.2) is 0 Å². The molecule has 148 valence electrons. The van der Waals surface area contributed by atoms with Gasteiger partial charge in [-0.15, -0.1) is 0 Å². The lowest BCUT2D eigenvalue weighted by molar-refractivity contribution is -0.135. The molecular weight excluding hydrogens is 384 g/mol. The third-order valence-corrected chi connectivity index (χ3v) is 5.26. The van der Waals surface area contributed by atoms with Crippen molar-refractivity contribution >= 4 is 16.9 Å². The van der Waals surface area contributed by atoms with Crippen molar-refractivity contribution in [2.24, 2.45) is 0 Å². The second-order valence-corrected chi connectivity index (χ2v) is 7.18. The van der Waals surface area contributed by atoms with E-state index >= 15 is 0 Å². The summed E-state index contributed by atoms with van der Waals surface area (Å²) in [5, 5.41) is 20.4. The molecule has 2 heterocycles. The SMILES string of the molecule is O=C1CC(c2cccc(O)c2)c2c(cc(O)c3c(=O)cc(-c4ccccc4)oc23)O1. The normalized spacial score (nSPS) is 15.6. The number of esters is 1. The molecule has 1 unspecified atom stereocenters. The predicted octanol–water partition coefficient (Wildman–Crippen LogP) is 4.31. The van der Waals surface area contributed by atoms with Crippen LogP contribution in [0.1, 0.15) is 23.5 Å². The van der Waals surface area contributed by atoms with Gasteiger partial charge in [0.25, 0.3) is 0 Å². The number of benzene rings is 3. The molecule has 1 aromatic heterocycles. The third kappa shape index (κ3) is 2.90. The Morgan fingerprint density at radius 1 is 0.900 bits per heavy atom. The van der Waals surface area contributed by atoms with E-state index in [9.17, 15) is 19.8 Å². The fraction of sp³-hybridized carbons (Fsp3) is 0.0833. The van der Waals surface area contributed by atoms with Crippen molar-refractivity contribution < 1.29 is 24.2 Å². The number of phenolic OH excluding ortho intramolecular Hbond substituents is 2. The van der Waals surface area contributed by atoms with Crippen LogP contribution in [0.2, 0.25) is 0 Å². The maximum atomic E-state index is 12.9. The van der Waals surface area contributed by atoms with Gasteiger partial charge in [-0.3, -0.25) is 9.59 Å². The summed E-state index contributed by atoms with van der Waals surface area (Å²) in [4.78, 5) is 25.1. The fourth-order valence-electron chi connectivity index (χ4n) is 3.93. The summed E-state index contributed by atoms with van der Waals surface area (Å²) in [7, 11) is 0. The van der Waals surface area contributed by atoms with E-state index in [4.69, 9.17) is 9.15 Å². The Hall–Kier alpha value is -4.06. The lowest BCUT2D eigenvalue weighted by atomic mass is 9.85. The van der Waals surface area contributed by atoms with Gasteiger partial charge in [0.05, 0.1) is 6.42 Å². The highest BCUT2D eigenvalue weighted by molar-refractivity contribution is 5.93. The standard InChI is InChI=1S/C24H16O6/c25-15-8-4-7-14(9-15)16-10-21(28)29-20-12-18(27)23-17(26)11-19(30-24(23)22(16)20)13-5-2-1-3-6-13/h1-9,11-12,16,25,27H,10H2. The van der Waals surface area contributed by atoms with E-state index in [1.165, 1.54) is 18.2 Å². The Morgan fingerprint density at radius 2 is 1.70 bits per heavy atom. The zero-order valence-electron chi connectivity index (χ0n) is 15.7. The average Bonchev–Trinajstić information content (AvgIpc) is 2.73. The van der Waals surface area contributed by atoms with E-state index < -0.39 is 17.3 Å². The predicted molar refractivity (Wildman–Crippen MR) is 110 cm³/mol. The van der Waals surface area contributed by atoms with Gasteiger partial charge in [0, 0.05) is 29.2 Å². The average molecular weight is 400 g/mol. The lowest BCUT2D eigenvalue weighted by Crippen LogP contribution is -2.22. The highest BCUT2D eigenvalue weighted by atomic mass is 16.5. The minimum Gasteiger partial charge on any atom is -0.508 e. The molecule has 0 spiro atoms. The number of hydrogen-bond donors (Lipinski definition) is 2. The number of hydrogen-bond acceptors (Lipinski definition) is 6. The number of rotatable bonds is 2. The topological polar surface area (TPSA) is 97.0 Å². The highest BCUT2D eigenvalue weighted by Gasteiger charge is 2.33. The molecule has 3 aromatic carbocycles. The number of phenols is 2. The van der Waals surface area contributed by atoms with Crippen molar-refractivity contribution in [3.8, 4) is 28.6 Å². The molecule has 0 aliphatic carbocycles. The maximum absolute atomic E-state index is 12.9. The first kappa shape index (κ1) is 18.0. The first-order valence-corrected chi connectivity index (χ1v) is 9.40. The van der Waals surface area contributed by atoms with Gasteiger partial charge in [-0.05, 0) is 17.7 Å². The van der Waals surface area contributed by atoms with Gasteiger partial charge in [-0.1, -0.05) is 42.5 Å². The van der Waals surface area contributed by atoms with E-state index in [2.05, 4.69) is 0 Å². The van der Waals surface area contributed by atoms with Crippen molar-refractivity contribution in [1.29, 1.82) is 0 Å². The van der Waals surface area contributed by atoms with Crippen LogP contribution in [0.3, 0.4) is 0 Å². The number of fused-ring (bicyclic) bond motifs is 3. The van der Waals surface area contributed by atoms with E-state index in [0.717, 1.165) is 0 Å². The summed E-state index contributed by atoms with van der Waals surface area (Å²) in [5.74, 6) is -0.767. The lowest BCUT2D eigenvalue weighted by Gasteiger charge is -2.26. The molecule has 30 heavy (non-hydrogen) atoms. The van der Waals surface area contributed by atoms with Crippen LogP contribution in [0, 0.1) is 0 Å². The fourth-order valence-corrected chi connectivity index (χ4v) is 3.93. The molecule has 2 N–H and O–H groups in total. The van der Waals surface area contributed by atoms with Gasteiger partial charge >= 0.3 is 5.97 Å². The number of carbonyl (C=O) groups excluding carboxylic acids is 1. The molecule has 0 amide bonds. The molecule has 1 aliphatic heterocycles. The highest BCUT2D eigenvalue weighted by Crippen LogP contribution is 2.46. The quantitative estimate of drug-likeness (QED) is 0.384. The Balaban J connectivity index is 1.84. The zero-order chi connectivity index (χ0) is 20.8. The van der Waals surface area contributed by atoms with Gasteiger partial charge < -0.3 is 19.4 Å². The van der Waals surface area contributed by atoms with Crippen LogP contribution < -0.4 is 10.2 Å². The molecule has 0 fully saturated rings. The van der Waals surface area contributed by atoms with E-state index in [1.54, 1.807) is 18.2 Å². The molecule has 5 rings (SSSR count). The molecular formula is C24H16O6. The zero-order valence-corrected chi connectivity index (χ0v) is 15.7. The molecule has 0 radical (unpaired) electrons. The monoisotopic (exact) mass is 400 g/mol. The Morgan fingerprint density at radius 3 is 2.47 bits per heavy atom. The second kappa shape index (κ2) is 6.77. The second-order valence-electron chi connectivity index (χ2n) is 7.18. The van der Waals surface area contributed by atoms with Gasteiger partial charge in [0.15, 0.2) is 5.43 Å². The molecule has 1 atom stereocenters. The third-order valence-electron chi connectivity index (χ3n) is 5.26. The van der Waals surface area contributed by atoms with Gasteiger partial charge in [0.1, 0.15) is 34.0 Å². The van der Waals surface area contributed by atoms with Crippen molar-refractivity contribution in [1.82, 2.24) is 0 Å². The van der Waals surface area contributed by atoms with Crippen LogP contribution in [0.4, 0.5) is 0 Å². The number of aromatic hydroxyl groups is 2. The summed E-state index contributed by atoms with van der Waals surface area (Å²) in [6.45, 7) is 0. The van der Waals surface area contributed by atoms with Crippen LogP contribution in [-0.2, 0) is 4.79 Å². The van der Waals surface area contributed by atoms with Crippen LogP contribution in [-0.4, -0.2) is 16.2 Å². The minimum atomic E-state index is -0.509. The Bertz CT molecular complexity index is 1350. The summed E-state index contributed by atoms with van der Waals surface area (Å²) in [6, 6.07) is 18.3. The number of carbonyl (C=O) groups is 1. The number of ether oxygens (including phenoxy) is 1. The van der Waals surface area contributed by atoms with Gasteiger partial charge in [0.2, 0.25) is 0 Å². The summed E-state index contributed by atoms with van der Waals surface area (Å²) < 4.78 is 11.5. The summed E-state index contributed by atoms with van der Waals surface area (Å²) in [6.07, 6.45) is 0.00953. The van der Waals surface area contributed by atoms with Crippen LogP contribution in [0.15, 0.2) is 75.9 Å². The van der Waals surface area contributed by atoms with E-state index in [-0.39, 0.29) is 34.6 Å². The first-order valence-electron chi connectivity index (χ1n) is 9.40. The molecule has 4 aromatic rings. The largest absolute Gasteiger partial charge is 0.508 e. The molecule has 0 saturated carbocycles. The van der Waals surface area contributed by atoms with Crippen LogP contribution >= 0.6 is 0 Å². The molecule has 0 bridgehead atoms. The molecule has 0 saturated heterocycles. The Kier molecular flexibility index (Phi) is 4.06. The smallest absolute Gasteiger partial charge is 0.312 e.